The number of carbonyl (C=O) groups excluding carboxylic acids is 1. The minimum atomic E-state index is -0.742. The average Bonchev–Trinajstić information content (AvgIpc) is 2.43. The number of amides is 1. The first-order valence-corrected chi connectivity index (χ1v) is 6.99. The van der Waals surface area contributed by atoms with Gasteiger partial charge in [0.2, 0.25) is 0 Å². The summed E-state index contributed by atoms with van der Waals surface area (Å²) in [5.41, 5.74) is 5.58. The second-order valence-corrected chi connectivity index (χ2v) is 5.24. The molecule has 0 saturated heterocycles. The van der Waals surface area contributed by atoms with Crippen LogP contribution in [0.4, 0.5) is 14.5 Å². The van der Waals surface area contributed by atoms with E-state index < -0.39 is 11.6 Å². The molecule has 1 heterocycles. The van der Waals surface area contributed by atoms with Gasteiger partial charge in [-0.1, -0.05) is 11.8 Å². The summed E-state index contributed by atoms with van der Waals surface area (Å²) in [7, 11) is 0. The lowest BCUT2D eigenvalue weighted by Gasteiger charge is -2.07. The molecule has 0 radical (unpaired) electrons. The van der Waals surface area contributed by atoms with Crippen molar-refractivity contribution in [2.24, 2.45) is 0 Å². The molecule has 1 amide bonds. The van der Waals surface area contributed by atoms with Crippen molar-refractivity contribution in [1.29, 1.82) is 0 Å². The lowest BCUT2D eigenvalue weighted by molar-refractivity contribution is 0.0950. The smallest absolute Gasteiger partial charge is 0.269 e. The minimum absolute atomic E-state index is 0.0205. The van der Waals surface area contributed by atoms with Crippen LogP contribution in [0.1, 0.15) is 17.4 Å². The second kappa shape index (κ2) is 6.53. The highest BCUT2D eigenvalue weighted by atomic mass is 32.2. The maximum atomic E-state index is 13.7. The normalized spacial score (nSPS) is 10.4. The van der Waals surface area contributed by atoms with E-state index >= 15 is 0 Å². The van der Waals surface area contributed by atoms with E-state index in [0.29, 0.717) is 11.4 Å². The molecule has 0 fully saturated rings. The van der Waals surface area contributed by atoms with Crippen molar-refractivity contribution in [3.63, 3.8) is 0 Å². The Morgan fingerprint density at radius 2 is 2.00 bits per heavy atom. The molecule has 7 heteroatoms. The molecule has 0 bridgehead atoms. The fourth-order valence-electron chi connectivity index (χ4n) is 1.64. The molecule has 3 N–H and O–H groups in total. The van der Waals surface area contributed by atoms with E-state index in [9.17, 15) is 13.6 Å². The van der Waals surface area contributed by atoms with Crippen LogP contribution >= 0.6 is 11.8 Å². The maximum absolute atomic E-state index is 13.7. The fourth-order valence-corrected chi connectivity index (χ4v) is 2.49. The number of benzene rings is 1. The van der Waals surface area contributed by atoms with Gasteiger partial charge in [0, 0.05) is 23.3 Å². The Balaban J connectivity index is 2.28. The number of halogens is 2. The topological polar surface area (TPSA) is 68.0 Å². The van der Waals surface area contributed by atoms with Crippen molar-refractivity contribution in [2.75, 3.05) is 12.3 Å². The number of carbonyl (C=O) groups is 1. The van der Waals surface area contributed by atoms with Gasteiger partial charge in [-0.05, 0) is 31.2 Å². The van der Waals surface area contributed by atoms with Crippen LogP contribution in [0.15, 0.2) is 40.3 Å². The number of aromatic nitrogens is 1. The van der Waals surface area contributed by atoms with Gasteiger partial charge in [0.25, 0.3) is 5.91 Å². The second-order valence-electron chi connectivity index (χ2n) is 4.15. The number of anilines is 1. The summed E-state index contributed by atoms with van der Waals surface area (Å²) in [6, 6.07) is 5.15. The molecule has 0 atom stereocenters. The molecular weight excluding hydrogens is 296 g/mol. The van der Waals surface area contributed by atoms with Crippen molar-refractivity contribution in [3.8, 4) is 0 Å². The third-order valence-corrected chi connectivity index (χ3v) is 3.63. The van der Waals surface area contributed by atoms with Gasteiger partial charge in [-0.2, -0.15) is 0 Å². The van der Waals surface area contributed by atoms with Gasteiger partial charge >= 0.3 is 0 Å². The number of hydrogen-bond acceptors (Lipinski definition) is 4. The molecule has 21 heavy (non-hydrogen) atoms. The molecule has 2 rings (SSSR count). The van der Waals surface area contributed by atoms with Gasteiger partial charge in [0.05, 0.1) is 4.90 Å². The number of hydrogen-bond donors (Lipinski definition) is 2. The third-order valence-electron chi connectivity index (χ3n) is 2.54. The van der Waals surface area contributed by atoms with Gasteiger partial charge in [0.1, 0.15) is 17.3 Å². The standard InChI is InChI=1S/C14H13F2N3OS/c1-2-18-14(20)12-7-9(3-4-19-12)21-13-10(15)5-8(17)6-11(13)16/h3-7H,2,17H2,1H3,(H,18,20). The van der Waals surface area contributed by atoms with Gasteiger partial charge in [-0.3, -0.25) is 9.78 Å². The lowest BCUT2D eigenvalue weighted by atomic mass is 10.3. The van der Waals surface area contributed by atoms with Crippen LogP contribution in [0.2, 0.25) is 0 Å². The maximum Gasteiger partial charge on any atom is 0.269 e. The minimum Gasteiger partial charge on any atom is -0.399 e. The Labute approximate surface area is 124 Å². The first kappa shape index (κ1) is 15.2. The molecule has 110 valence electrons. The van der Waals surface area contributed by atoms with E-state index in [1.807, 2.05) is 0 Å². The predicted octanol–water partition coefficient (Wildman–Crippen LogP) is 2.84. The molecular formula is C14H13F2N3OS. The van der Waals surface area contributed by atoms with E-state index in [-0.39, 0.29) is 22.2 Å². The van der Waals surface area contributed by atoms with E-state index in [1.165, 1.54) is 12.3 Å². The molecule has 4 nitrogen and oxygen atoms in total. The number of nitrogen functional groups attached to an aromatic ring is 1. The summed E-state index contributed by atoms with van der Waals surface area (Å²) in [6.45, 7) is 2.26. The van der Waals surface area contributed by atoms with Crippen LogP contribution in [-0.4, -0.2) is 17.4 Å². The van der Waals surface area contributed by atoms with Crippen LogP contribution < -0.4 is 11.1 Å². The summed E-state index contributed by atoms with van der Waals surface area (Å²) in [5, 5.41) is 2.61. The highest BCUT2D eigenvalue weighted by Crippen LogP contribution is 2.33. The third kappa shape index (κ3) is 3.69. The summed E-state index contributed by atoms with van der Waals surface area (Å²) in [5.74, 6) is -1.82. The molecule has 0 aliphatic rings. The van der Waals surface area contributed by atoms with Gasteiger partial charge in [0.15, 0.2) is 0 Å². The molecule has 0 aliphatic heterocycles. The number of rotatable bonds is 4. The summed E-state index contributed by atoms with van der Waals surface area (Å²) >= 11 is 0.874. The van der Waals surface area contributed by atoms with Crippen LogP contribution in [0, 0.1) is 11.6 Å². The molecule has 0 aliphatic carbocycles. The quantitative estimate of drug-likeness (QED) is 0.852. The Kier molecular flexibility index (Phi) is 4.74. The van der Waals surface area contributed by atoms with Crippen LogP contribution in [0.25, 0.3) is 0 Å². The number of pyridine rings is 1. The Morgan fingerprint density at radius 1 is 1.33 bits per heavy atom. The van der Waals surface area contributed by atoms with Crippen molar-refractivity contribution >= 4 is 23.4 Å². The summed E-state index contributed by atoms with van der Waals surface area (Å²) in [4.78, 5) is 15.9. The first-order chi connectivity index (χ1) is 10.0. The molecule has 2 aromatic rings. The average molecular weight is 309 g/mol. The Hall–Kier alpha value is -2.15. The largest absolute Gasteiger partial charge is 0.399 e. The van der Waals surface area contributed by atoms with E-state index in [2.05, 4.69) is 10.3 Å². The Bertz CT molecular complexity index is 656. The monoisotopic (exact) mass is 309 g/mol. The van der Waals surface area contributed by atoms with Crippen LogP contribution in [0.3, 0.4) is 0 Å². The van der Waals surface area contributed by atoms with Crippen LogP contribution in [-0.2, 0) is 0 Å². The highest BCUT2D eigenvalue weighted by Gasteiger charge is 2.13. The fraction of sp³-hybridized carbons (Fsp3) is 0.143. The molecule has 0 unspecified atom stereocenters. The number of nitrogens with two attached hydrogens (primary N) is 1. The summed E-state index contributed by atoms with van der Waals surface area (Å²) < 4.78 is 27.5. The molecule has 0 saturated carbocycles. The van der Waals surface area contributed by atoms with Crippen molar-refractivity contribution in [3.05, 3.63) is 47.8 Å². The van der Waals surface area contributed by atoms with Crippen molar-refractivity contribution in [1.82, 2.24) is 10.3 Å². The van der Waals surface area contributed by atoms with Gasteiger partial charge in [-0.15, -0.1) is 0 Å². The zero-order valence-electron chi connectivity index (χ0n) is 11.2. The molecule has 1 aromatic heterocycles. The summed E-state index contributed by atoms with van der Waals surface area (Å²) in [6.07, 6.45) is 1.42. The highest BCUT2D eigenvalue weighted by molar-refractivity contribution is 7.99. The Morgan fingerprint density at radius 3 is 2.62 bits per heavy atom. The van der Waals surface area contributed by atoms with E-state index in [1.54, 1.807) is 13.0 Å². The van der Waals surface area contributed by atoms with Crippen LogP contribution in [0.5, 0.6) is 0 Å². The SMILES string of the molecule is CCNC(=O)c1cc(Sc2c(F)cc(N)cc2F)ccn1. The van der Waals surface area contributed by atoms with E-state index in [0.717, 1.165) is 23.9 Å². The molecule has 0 spiro atoms. The van der Waals surface area contributed by atoms with Gasteiger partial charge < -0.3 is 11.1 Å². The number of nitrogens with one attached hydrogen (secondary N) is 1. The van der Waals surface area contributed by atoms with Gasteiger partial charge in [-0.25, -0.2) is 8.78 Å². The van der Waals surface area contributed by atoms with Crippen molar-refractivity contribution in [2.45, 2.75) is 16.7 Å². The number of nitrogens with zero attached hydrogens (tertiary/aromatic N) is 1. The zero-order chi connectivity index (χ0) is 15.4. The van der Waals surface area contributed by atoms with Crippen molar-refractivity contribution < 1.29 is 13.6 Å². The zero-order valence-corrected chi connectivity index (χ0v) is 12.0. The predicted molar refractivity (Wildman–Crippen MR) is 77.1 cm³/mol. The lowest BCUT2D eigenvalue weighted by Crippen LogP contribution is -2.23. The molecule has 1 aromatic carbocycles. The van der Waals surface area contributed by atoms with E-state index in [4.69, 9.17) is 5.73 Å². The first-order valence-electron chi connectivity index (χ1n) is 6.18.